The molecule has 0 aliphatic heterocycles. The first-order valence-electron chi connectivity index (χ1n) is 4.52. The zero-order valence-electron chi connectivity index (χ0n) is 8.30. The number of hydrogen-bond acceptors (Lipinski definition) is 2. The largest absolute Gasteiger partial charge is 0.507 e. The number of phenols is 1. The van der Waals surface area contributed by atoms with Crippen LogP contribution in [0.3, 0.4) is 0 Å². The number of benzene rings is 1. The number of aromatic hydroxyl groups is 1. The Bertz CT molecular complexity index is 359. The average Bonchev–Trinajstić information content (AvgIpc) is 2.16. The molecule has 76 valence electrons. The number of ketones is 1. The molecule has 1 aromatic carbocycles. The van der Waals surface area contributed by atoms with Crippen molar-refractivity contribution in [1.29, 1.82) is 0 Å². The van der Waals surface area contributed by atoms with Crippen molar-refractivity contribution in [3.8, 4) is 5.75 Å². The minimum atomic E-state index is -0.0638. The number of aryl methyl sites for hydroxylation is 1. The highest BCUT2D eigenvalue weighted by Crippen LogP contribution is 2.28. The van der Waals surface area contributed by atoms with E-state index < -0.39 is 0 Å². The van der Waals surface area contributed by atoms with E-state index in [-0.39, 0.29) is 11.5 Å². The molecule has 0 fully saturated rings. The van der Waals surface area contributed by atoms with E-state index in [2.05, 4.69) is 22.6 Å². The summed E-state index contributed by atoms with van der Waals surface area (Å²) in [5.74, 6) is 0.0947. The monoisotopic (exact) mass is 304 g/mol. The summed E-state index contributed by atoms with van der Waals surface area (Å²) < 4.78 is 0.716. The number of carbonyl (C=O) groups is 1. The van der Waals surface area contributed by atoms with Gasteiger partial charge in [-0.3, -0.25) is 4.79 Å². The van der Waals surface area contributed by atoms with Gasteiger partial charge in [-0.15, -0.1) is 0 Å². The zero-order chi connectivity index (χ0) is 10.7. The fourth-order valence-electron chi connectivity index (χ4n) is 1.47. The molecule has 0 bridgehead atoms. The molecule has 0 aliphatic rings. The predicted octanol–water partition coefficient (Wildman–Crippen LogP) is 3.09. The van der Waals surface area contributed by atoms with Crippen molar-refractivity contribution in [2.75, 3.05) is 0 Å². The summed E-state index contributed by atoms with van der Waals surface area (Å²) in [4.78, 5) is 11.4. The highest BCUT2D eigenvalue weighted by Gasteiger charge is 2.14. The maximum absolute atomic E-state index is 11.4. The minimum absolute atomic E-state index is 0.0638. The van der Waals surface area contributed by atoms with Crippen LogP contribution >= 0.6 is 22.6 Å². The minimum Gasteiger partial charge on any atom is -0.507 e. The number of carbonyl (C=O) groups excluding carboxylic acids is 1. The molecule has 0 aliphatic carbocycles. The number of phenolic OH excluding ortho intramolecular Hbond substituents is 1. The summed E-state index contributed by atoms with van der Waals surface area (Å²) in [6.07, 6.45) is 0.768. The van der Waals surface area contributed by atoms with Crippen molar-refractivity contribution in [2.45, 2.75) is 24.7 Å². The zero-order valence-corrected chi connectivity index (χ0v) is 10.5. The molecule has 1 aromatic rings. The second-order valence-electron chi connectivity index (χ2n) is 3.15. The fourth-order valence-corrected chi connectivity index (χ4v) is 2.09. The van der Waals surface area contributed by atoms with Gasteiger partial charge in [-0.2, -0.15) is 0 Å². The van der Waals surface area contributed by atoms with Crippen LogP contribution < -0.4 is 0 Å². The van der Waals surface area contributed by atoms with Crippen LogP contribution in [0.4, 0.5) is 0 Å². The molecule has 14 heavy (non-hydrogen) atoms. The van der Waals surface area contributed by atoms with Gasteiger partial charge in [0, 0.05) is 9.99 Å². The van der Waals surface area contributed by atoms with Crippen molar-refractivity contribution < 1.29 is 9.90 Å². The molecular formula is C11H13IO2. The van der Waals surface area contributed by atoms with Gasteiger partial charge in [-0.1, -0.05) is 41.6 Å². The molecule has 2 nitrogen and oxygen atoms in total. The maximum Gasteiger partial charge on any atom is 0.163 e. The third-order valence-corrected chi connectivity index (χ3v) is 3.05. The highest BCUT2D eigenvalue weighted by atomic mass is 127. The topological polar surface area (TPSA) is 37.3 Å². The van der Waals surface area contributed by atoms with Crippen LogP contribution in [0.2, 0.25) is 0 Å². The van der Waals surface area contributed by atoms with Gasteiger partial charge in [0.25, 0.3) is 0 Å². The third-order valence-electron chi connectivity index (χ3n) is 2.22. The number of alkyl halides is 1. The first-order valence-corrected chi connectivity index (χ1v) is 6.05. The molecular weight excluding hydrogens is 291 g/mol. The van der Waals surface area contributed by atoms with Crippen molar-refractivity contribution in [3.05, 3.63) is 28.8 Å². The summed E-state index contributed by atoms with van der Waals surface area (Å²) >= 11 is 2.17. The standard InChI is InChI=1S/C11H13IO2/c1-3-8-4-5-9(6-12)11(14)10(8)7(2)13/h4-5,14H,3,6H2,1-2H3. The first-order chi connectivity index (χ1) is 6.61. The molecule has 0 spiro atoms. The molecule has 0 unspecified atom stereocenters. The molecule has 0 amide bonds. The summed E-state index contributed by atoms with van der Waals surface area (Å²) in [6.45, 7) is 3.47. The van der Waals surface area contributed by atoms with E-state index in [1.54, 1.807) is 0 Å². The van der Waals surface area contributed by atoms with Crippen LogP contribution in [0.5, 0.6) is 5.75 Å². The lowest BCUT2D eigenvalue weighted by Gasteiger charge is -2.10. The lowest BCUT2D eigenvalue weighted by atomic mass is 9.98. The number of rotatable bonds is 3. The Morgan fingerprint density at radius 1 is 1.43 bits per heavy atom. The number of hydrogen-bond donors (Lipinski definition) is 1. The van der Waals surface area contributed by atoms with Gasteiger partial charge in [-0.05, 0) is 18.9 Å². The Hall–Kier alpha value is -0.580. The van der Waals surface area contributed by atoms with Gasteiger partial charge in [0.2, 0.25) is 0 Å². The normalized spacial score (nSPS) is 10.2. The number of halogens is 1. The van der Waals surface area contributed by atoms with E-state index in [0.29, 0.717) is 9.99 Å². The Morgan fingerprint density at radius 2 is 2.00 bits per heavy atom. The van der Waals surface area contributed by atoms with Crippen LogP contribution in [0.25, 0.3) is 0 Å². The molecule has 1 N–H and O–H groups in total. The van der Waals surface area contributed by atoms with Crippen molar-refractivity contribution >= 4 is 28.4 Å². The van der Waals surface area contributed by atoms with E-state index in [4.69, 9.17) is 0 Å². The fraction of sp³-hybridized carbons (Fsp3) is 0.364. The molecule has 0 saturated carbocycles. The van der Waals surface area contributed by atoms with E-state index in [0.717, 1.165) is 17.5 Å². The molecule has 0 atom stereocenters. The van der Waals surface area contributed by atoms with Crippen molar-refractivity contribution in [3.63, 3.8) is 0 Å². The molecule has 0 saturated heterocycles. The van der Waals surface area contributed by atoms with E-state index >= 15 is 0 Å². The SMILES string of the molecule is CCc1ccc(CI)c(O)c1C(C)=O. The van der Waals surface area contributed by atoms with Gasteiger partial charge < -0.3 is 5.11 Å². The Labute approximate surface area is 97.5 Å². The maximum atomic E-state index is 11.4. The van der Waals surface area contributed by atoms with E-state index in [1.165, 1.54) is 6.92 Å². The van der Waals surface area contributed by atoms with Crippen molar-refractivity contribution in [1.82, 2.24) is 0 Å². The average molecular weight is 304 g/mol. The number of Topliss-reactive ketones (excluding diaryl/α,β-unsaturated/α-hetero) is 1. The summed E-state index contributed by atoms with van der Waals surface area (Å²) in [5.41, 5.74) is 2.23. The predicted molar refractivity (Wildman–Crippen MR) is 65.2 cm³/mol. The van der Waals surface area contributed by atoms with Crippen LogP contribution in [-0.2, 0) is 10.8 Å². The van der Waals surface area contributed by atoms with Gasteiger partial charge in [0.1, 0.15) is 5.75 Å². The van der Waals surface area contributed by atoms with Gasteiger partial charge >= 0.3 is 0 Å². The second-order valence-corrected chi connectivity index (χ2v) is 3.91. The smallest absolute Gasteiger partial charge is 0.163 e. The van der Waals surface area contributed by atoms with Gasteiger partial charge in [0.05, 0.1) is 5.56 Å². The van der Waals surface area contributed by atoms with E-state index in [9.17, 15) is 9.90 Å². The van der Waals surface area contributed by atoms with Gasteiger partial charge in [-0.25, -0.2) is 0 Å². The summed E-state index contributed by atoms with van der Waals surface area (Å²) in [6, 6.07) is 3.80. The third kappa shape index (κ3) is 2.08. The molecule has 1 rings (SSSR count). The van der Waals surface area contributed by atoms with E-state index in [1.807, 2.05) is 19.1 Å². The summed E-state index contributed by atoms with van der Waals surface area (Å²) in [7, 11) is 0. The van der Waals surface area contributed by atoms with Crippen LogP contribution in [-0.4, -0.2) is 10.9 Å². The Balaban J connectivity index is 3.39. The lowest BCUT2D eigenvalue weighted by molar-refractivity contribution is 0.101. The van der Waals surface area contributed by atoms with Crippen LogP contribution in [0.1, 0.15) is 35.3 Å². The molecule has 0 heterocycles. The molecule has 0 aromatic heterocycles. The van der Waals surface area contributed by atoms with Crippen molar-refractivity contribution in [2.24, 2.45) is 0 Å². The van der Waals surface area contributed by atoms with Crippen LogP contribution in [0.15, 0.2) is 12.1 Å². The molecule has 0 radical (unpaired) electrons. The molecule has 3 heteroatoms. The quantitative estimate of drug-likeness (QED) is 0.529. The Kier molecular flexibility index (Phi) is 3.92. The first kappa shape index (κ1) is 11.5. The summed E-state index contributed by atoms with van der Waals surface area (Å²) in [5, 5.41) is 9.85. The van der Waals surface area contributed by atoms with Crippen LogP contribution in [0, 0.1) is 0 Å². The van der Waals surface area contributed by atoms with Gasteiger partial charge in [0.15, 0.2) is 5.78 Å². The second kappa shape index (κ2) is 4.77. The highest BCUT2D eigenvalue weighted by molar-refractivity contribution is 14.1. The Morgan fingerprint density at radius 3 is 2.43 bits per heavy atom. The lowest BCUT2D eigenvalue weighted by Crippen LogP contribution is -2.01.